The highest BCUT2D eigenvalue weighted by Crippen LogP contribution is 2.32. The highest BCUT2D eigenvalue weighted by Gasteiger charge is 2.15. The molecular weight excluding hydrogens is 374 g/mol. The molecule has 0 unspecified atom stereocenters. The summed E-state index contributed by atoms with van der Waals surface area (Å²) in [6.07, 6.45) is 6.42. The van der Waals surface area contributed by atoms with Crippen molar-refractivity contribution in [3.63, 3.8) is 0 Å². The zero-order chi connectivity index (χ0) is 20.9. The predicted molar refractivity (Wildman–Crippen MR) is 123 cm³/mol. The number of rotatable bonds is 5. The molecule has 2 aliphatic heterocycles. The van der Waals surface area contributed by atoms with E-state index in [2.05, 4.69) is 41.1 Å². The van der Waals surface area contributed by atoms with Gasteiger partial charge in [0.1, 0.15) is 5.75 Å². The molecule has 0 aromatic heterocycles. The maximum Gasteiger partial charge on any atom is 0.255 e. The number of nitrogens with one attached hydrogen (secondary N) is 3. The van der Waals surface area contributed by atoms with Crippen LogP contribution in [0.5, 0.6) is 5.75 Å². The van der Waals surface area contributed by atoms with Crippen LogP contribution in [0.25, 0.3) is 11.1 Å². The van der Waals surface area contributed by atoms with Crippen LogP contribution in [0.4, 0.5) is 5.69 Å². The van der Waals surface area contributed by atoms with Gasteiger partial charge in [0.15, 0.2) is 0 Å². The van der Waals surface area contributed by atoms with Gasteiger partial charge in [-0.05, 0) is 79.4 Å². The lowest BCUT2D eigenvalue weighted by Crippen LogP contribution is -2.20. The van der Waals surface area contributed by atoms with Crippen molar-refractivity contribution < 1.29 is 9.53 Å². The van der Waals surface area contributed by atoms with Crippen molar-refractivity contribution in [1.29, 1.82) is 0 Å². The molecule has 0 aliphatic carbocycles. The van der Waals surface area contributed by atoms with Crippen molar-refractivity contribution in [3.8, 4) is 5.75 Å². The van der Waals surface area contributed by atoms with Gasteiger partial charge in [0, 0.05) is 36.0 Å². The number of amides is 1. The summed E-state index contributed by atoms with van der Waals surface area (Å²) >= 11 is 0. The fourth-order valence-corrected chi connectivity index (χ4v) is 4.14. The molecule has 0 fully saturated rings. The van der Waals surface area contributed by atoms with Crippen LogP contribution in [0.15, 0.2) is 48.6 Å². The van der Waals surface area contributed by atoms with Crippen molar-refractivity contribution in [2.75, 3.05) is 38.6 Å². The Morgan fingerprint density at radius 3 is 2.20 bits per heavy atom. The first-order valence-corrected chi connectivity index (χ1v) is 10.6. The molecule has 0 saturated carbocycles. The fraction of sp³-hybridized carbons (Fsp3) is 0.320. The summed E-state index contributed by atoms with van der Waals surface area (Å²) in [7, 11) is 1.67. The Bertz CT molecular complexity index is 1010. The normalized spacial score (nSPS) is 16.5. The summed E-state index contributed by atoms with van der Waals surface area (Å²) in [5, 5.41) is 9.68. The van der Waals surface area contributed by atoms with Crippen LogP contribution in [0.2, 0.25) is 0 Å². The summed E-state index contributed by atoms with van der Waals surface area (Å²) in [6.45, 7) is 5.82. The summed E-state index contributed by atoms with van der Waals surface area (Å²) in [6, 6.07) is 11.8. The van der Waals surface area contributed by atoms with Crippen LogP contribution < -0.4 is 20.7 Å². The van der Waals surface area contributed by atoms with E-state index in [0.717, 1.165) is 61.6 Å². The maximum absolute atomic E-state index is 12.8. The minimum absolute atomic E-state index is 0.111. The topological polar surface area (TPSA) is 62.4 Å². The van der Waals surface area contributed by atoms with Gasteiger partial charge in [0.05, 0.1) is 7.11 Å². The van der Waals surface area contributed by atoms with E-state index in [9.17, 15) is 4.79 Å². The van der Waals surface area contributed by atoms with E-state index in [-0.39, 0.29) is 5.91 Å². The van der Waals surface area contributed by atoms with E-state index in [4.69, 9.17) is 4.74 Å². The third-order valence-corrected chi connectivity index (χ3v) is 5.77. The average Bonchev–Trinajstić information content (AvgIpc) is 2.80. The number of aryl methyl sites for hydroxylation is 1. The van der Waals surface area contributed by atoms with Crippen molar-refractivity contribution >= 4 is 22.7 Å². The number of ether oxygens (including phenoxy) is 1. The monoisotopic (exact) mass is 403 g/mol. The quantitative estimate of drug-likeness (QED) is 0.706. The Labute approximate surface area is 178 Å². The van der Waals surface area contributed by atoms with Gasteiger partial charge in [0.2, 0.25) is 0 Å². The van der Waals surface area contributed by atoms with Gasteiger partial charge >= 0.3 is 0 Å². The Balaban J connectivity index is 1.51. The standard InChI is InChI=1S/C25H29N3O2/c1-17-15-20(3-5-22(17)18-7-11-26-12-8-18)25(29)28-21-4-6-23(24(16-21)30-2)19-9-13-27-14-10-19/h3-7,9,15-16,26-27H,8,10-14H2,1-2H3,(H,28,29). The van der Waals surface area contributed by atoms with E-state index < -0.39 is 0 Å². The van der Waals surface area contributed by atoms with Crippen molar-refractivity contribution in [2.45, 2.75) is 19.8 Å². The van der Waals surface area contributed by atoms with Gasteiger partial charge in [-0.1, -0.05) is 18.2 Å². The summed E-state index contributed by atoms with van der Waals surface area (Å²) in [5.41, 5.74) is 7.48. The Morgan fingerprint density at radius 2 is 1.60 bits per heavy atom. The van der Waals surface area contributed by atoms with E-state index in [0.29, 0.717) is 5.56 Å². The molecule has 0 atom stereocenters. The van der Waals surface area contributed by atoms with Crippen molar-refractivity contribution in [1.82, 2.24) is 10.6 Å². The van der Waals surface area contributed by atoms with E-state index >= 15 is 0 Å². The number of methoxy groups -OCH3 is 1. The third kappa shape index (κ3) is 4.48. The zero-order valence-corrected chi connectivity index (χ0v) is 17.7. The van der Waals surface area contributed by atoms with Gasteiger partial charge < -0.3 is 20.7 Å². The molecular formula is C25H29N3O2. The lowest BCUT2D eigenvalue weighted by molar-refractivity contribution is 0.102. The van der Waals surface area contributed by atoms with Crippen LogP contribution in [-0.4, -0.2) is 39.2 Å². The third-order valence-electron chi connectivity index (χ3n) is 5.77. The first kappa shape index (κ1) is 20.4. The molecule has 0 saturated heterocycles. The van der Waals surface area contributed by atoms with Crippen LogP contribution in [0.1, 0.15) is 39.9 Å². The number of hydrogen-bond acceptors (Lipinski definition) is 4. The van der Waals surface area contributed by atoms with Crippen LogP contribution >= 0.6 is 0 Å². The number of anilines is 1. The van der Waals surface area contributed by atoms with E-state index in [1.165, 1.54) is 16.7 Å². The summed E-state index contributed by atoms with van der Waals surface area (Å²) in [4.78, 5) is 12.8. The minimum Gasteiger partial charge on any atom is -0.496 e. The molecule has 156 valence electrons. The summed E-state index contributed by atoms with van der Waals surface area (Å²) < 4.78 is 5.60. The molecule has 4 rings (SSSR count). The Hall–Kier alpha value is -2.89. The molecule has 2 heterocycles. The van der Waals surface area contributed by atoms with Gasteiger partial charge in [-0.2, -0.15) is 0 Å². The number of carbonyl (C=O) groups excluding carboxylic acids is 1. The number of benzene rings is 2. The fourth-order valence-electron chi connectivity index (χ4n) is 4.14. The summed E-state index contributed by atoms with van der Waals surface area (Å²) in [5.74, 6) is 0.671. The molecule has 2 aliphatic rings. The molecule has 0 spiro atoms. The Morgan fingerprint density at radius 1 is 0.933 bits per heavy atom. The van der Waals surface area contributed by atoms with Crippen molar-refractivity contribution in [2.24, 2.45) is 0 Å². The van der Waals surface area contributed by atoms with Crippen LogP contribution in [0, 0.1) is 6.92 Å². The van der Waals surface area contributed by atoms with Gasteiger partial charge in [-0.15, -0.1) is 0 Å². The molecule has 0 bridgehead atoms. The van der Waals surface area contributed by atoms with Crippen LogP contribution in [-0.2, 0) is 0 Å². The van der Waals surface area contributed by atoms with Crippen molar-refractivity contribution in [3.05, 3.63) is 70.8 Å². The lowest BCUT2D eigenvalue weighted by Gasteiger charge is -2.18. The number of hydrogen-bond donors (Lipinski definition) is 3. The number of carbonyl (C=O) groups is 1. The second kappa shape index (κ2) is 9.28. The van der Waals surface area contributed by atoms with E-state index in [1.54, 1.807) is 7.11 Å². The first-order valence-electron chi connectivity index (χ1n) is 10.6. The predicted octanol–water partition coefficient (Wildman–Crippen LogP) is 4.01. The van der Waals surface area contributed by atoms with Gasteiger partial charge in [0.25, 0.3) is 5.91 Å². The zero-order valence-electron chi connectivity index (χ0n) is 17.7. The molecule has 0 radical (unpaired) electrons. The Kier molecular flexibility index (Phi) is 6.31. The first-order chi connectivity index (χ1) is 14.7. The van der Waals surface area contributed by atoms with Gasteiger partial charge in [-0.25, -0.2) is 0 Å². The SMILES string of the molecule is COc1cc(NC(=O)c2ccc(C3=CCNCC3)c(C)c2)ccc1C1=CCNCC1. The molecule has 30 heavy (non-hydrogen) atoms. The highest BCUT2D eigenvalue weighted by atomic mass is 16.5. The molecule has 3 N–H and O–H groups in total. The lowest BCUT2D eigenvalue weighted by atomic mass is 9.94. The second-order valence-electron chi connectivity index (χ2n) is 7.77. The maximum atomic E-state index is 12.8. The van der Waals surface area contributed by atoms with E-state index in [1.807, 2.05) is 30.3 Å². The van der Waals surface area contributed by atoms with Crippen LogP contribution in [0.3, 0.4) is 0 Å². The highest BCUT2D eigenvalue weighted by molar-refractivity contribution is 6.04. The largest absolute Gasteiger partial charge is 0.496 e. The smallest absolute Gasteiger partial charge is 0.255 e. The molecule has 5 heteroatoms. The molecule has 2 aromatic carbocycles. The van der Waals surface area contributed by atoms with Gasteiger partial charge in [-0.3, -0.25) is 4.79 Å². The average molecular weight is 404 g/mol. The molecule has 5 nitrogen and oxygen atoms in total. The minimum atomic E-state index is -0.111. The molecule has 1 amide bonds. The molecule has 2 aromatic rings. The second-order valence-corrected chi connectivity index (χ2v) is 7.77.